The zero-order chi connectivity index (χ0) is 21.4. The standard InChI is InChI=1S/C24H30N6S/c1-31-20-5-3-2-4-16(20)12-27-23-28-13-19(11-25)22(30-23)29-14-24-8-15-6-17(9-24)21(26)18(7-15)10-24/h2-5,13,15,17-18,21H,6-10,12,14,26H2,1H3,(H2,27,28,29,30)/t15?,17-,18+,21+,24-. The molecule has 0 amide bonds. The summed E-state index contributed by atoms with van der Waals surface area (Å²) in [4.78, 5) is 10.3. The number of rotatable bonds is 7. The Hall–Kier alpha value is -2.30. The molecular formula is C24H30N6S. The van der Waals surface area contributed by atoms with Crippen molar-refractivity contribution in [2.45, 2.75) is 49.6 Å². The van der Waals surface area contributed by atoms with Gasteiger partial charge in [-0.2, -0.15) is 10.2 Å². The summed E-state index contributed by atoms with van der Waals surface area (Å²) in [7, 11) is 0. The van der Waals surface area contributed by atoms with E-state index >= 15 is 0 Å². The van der Waals surface area contributed by atoms with E-state index in [2.05, 4.69) is 45.1 Å². The molecule has 0 radical (unpaired) electrons. The van der Waals surface area contributed by atoms with Gasteiger partial charge in [0.25, 0.3) is 0 Å². The second-order valence-corrected chi connectivity index (χ2v) is 10.5. The van der Waals surface area contributed by atoms with Crippen molar-refractivity contribution in [3.8, 4) is 6.07 Å². The molecule has 162 valence electrons. The Kier molecular flexibility index (Phi) is 5.53. The highest BCUT2D eigenvalue weighted by molar-refractivity contribution is 7.98. The van der Waals surface area contributed by atoms with Crippen LogP contribution in [0.3, 0.4) is 0 Å². The fraction of sp³-hybridized carbons (Fsp3) is 0.542. The van der Waals surface area contributed by atoms with Crippen LogP contribution in [-0.2, 0) is 6.54 Å². The zero-order valence-electron chi connectivity index (χ0n) is 18.0. The number of anilines is 2. The molecule has 4 saturated carbocycles. The molecule has 4 aliphatic rings. The van der Waals surface area contributed by atoms with Crippen LogP contribution in [0.15, 0.2) is 35.4 Å². The van der Waals surface area contributed by atoms with Gasteiger partial charge >= 0.3 is 0 Å². The predicted octanol–water partition coefficient (Wildman–Crippen LogP) is 4.25. The van der Waals surface area contributed by atoms with Crippen LogP contribution in [0, 0.1) is 34.5 Å². The third-order valence-corrected chi connectivity index (χ3v) is 8.48. The lowest BCUT2D eigenvalue weighted by Crippen LogP contribution is -2.58. The maximum Gasteiger partial charge on any atom is 0.224 e. The van der Waals surface area contributed by atoms with E-state index < -0.39 is 0 Å². The van der Waals surface area contributed by atoms with Crippen molar-refractivity contribution >= 4 is 23.5 Å². The topological polar surface area (TPSA) is 99.7 Å². The van der Waals surface area contributed by atoms with Crippen molar-refractivity contribution in [1.82, 2.24) is 9.97 Å². The van der Waals surface area contributed by atoms with Crippen LogP contribution in [0.5, 0.6) is 0 Å². The molecule has 2 aromatic rings. The van der Waals surface area contributed by atoms with Gasteiger partial charge in [-0.25, -0.2) is 4.98 Å². The Morgan fingerprint density at radius 2 is 1.97 bits per heavy atom. The highest BCUT2D eigenvalue weighted by Crippen LogP contribution is 2.59. The molecule has 1 aromatic carbocycles. The summed E-state index contributed by atoms with van der Waals surface area (Å²) in [5.41, 5.74) is 8.51. The molecule has 31 heavy (non-hydrogen) atoms. The first-order valence-electron chi connectivity index (χ1n) is 11.2. The summed E-state index contributed by atoms with van der Waals surface area (Å²) in [5.74, 6) is 3.35. The Labute approximate surface area is 188 Å². The number of thioether (sulfide) groups is 1. The number of benzene rings is 1. The number of hydrogen-bond acceptors (Lipinski definition) is 7. The van der Waals surface area contributed by atoms with Crippen molar-refractivity contribution in [3.63, 3.8) is 0 Å². The van der Waals surface area contributed by atoms with Gasteiger partial charge in [0.2, 0.25) is 5.95 Å². The van der Waals surface area contributed by atoms with Crippen molar-refractivity contribution < 1.29 is 0 Å². The molecule has 4 fully saturated rings. The maximum atomic E-state index is 9.57. The molecule has 1 unspecified atom stereocenters. The van der Waals surface area contributed by atoms with Crippen LogP contribution in [-0.4, -0.2) is 28.8 Å². The Morgan fingerprint density at radius 3 is 2.71 bits per heavy atom. The Bertz CT molecular complexity index is 986. The van der Waals surface area contributed by atoms with E-state index in [0.717, 1.165) is 12.5 Å². The van der Waals surface area contributed by atoms with Gasteiger partial charge in [-0.3, -0.25) is 0 Å². The first-order valence-corrected chi connectivity index (χ1v) is 12.4. The largest absolute Gasteiger partial charge is 0.368 e. The van der Waals surface area contributed by atoms with Crippen LogP contribution in [0.25, 0.3) is 0 Å². The van der Waals surface area contributed by atoms with Crippen molar-refractivity contribution in [1.29, 1.82) is 5.26 Å². The average molecular weight is 435 g/mol. The van der Waals surface area contributed by atoms with Gasteiger partial charge in [0.1, 0.15) is 17.5 Å². The normalized spacial score (nSPS) is 30.7. The van der Waals surface area contributed by atoms with Crippen molar-refractivity contribution in [2.24, 2.45) is 28.9 Å². The summed E-state index contributed by atoms with van der Waals surface area (Å²) < 4.78 is 0. The summed E-state index contributed by atoms with van der Waals surface area (Å²) in [6, 6.07) is 10.9. The fourth-order valence-corrected chi connectivity index (χ4v) is 7.04. The van der Waals surface area contributed by atoms with E-state index in [1.54, 1.807) is 18.0 Å². The maximum absolute atomic E-state index is 9.57. The highest BCUT2D eigenvalue weighted by Gasteiger charge is 2.54. The van der Waals surface area contributed by atoms with Gasteiger partial charge in [0.15, 0.2) is 0 Å². The van der Waals surface area contributed by atoms with Crippen LogP contribution < -0.4 is 16.4 Å². The minimum atomic E-state index is 0.301. The van der Waals surface area contributed by atoms with Crippen LogP contribution in [0.1, 0.15) is 43.2 Å². The Morgan fingerprint density at radius 1 is 1.19 bits per heavy atom. The molecule has 7 heteroatoms. The van der Waals surface area contributed by atoms with Gasteiger partial charge in [-0.15, -0.1) is 11.8 Å². The van der Waals surface area contributed by atoms with Gasteiger partial charge in [0.05, 0.1) is 6.20 Å². The van der Waals surface area contributed by atoms with E-state index in [4.69, 9.17) is 5.73 Å². The van der Waals surface area contributed by atoms with E-state index in [-0.39, 0.29) is 0 Å². The molecule has 0 spiro atoms. The first kappa shape index (κ1) is 20.6. The lowest BCUT2D eigenvalue weighted by molar-refractivity contribution is -0.0591. The number of nitrogens with zero attached hydrogens (tertiary/aromatic N) is 3. The SMILES string of the molecule is CSc1ccccc1CNc1ncc(C#N)c(NC[C@]23CC4C[C@H](C2)[C@H](N)[C@@H](C4)C3)n1. The molecule has 1 aromatic heterocycles. The van der Waals surface area contributed by atoms with Crippen LogP contribution in [0.2, 0.25) is 0 Å². The van der Waals surface area contributed by atoms with Gasteiger partial charge in [-0.05, 0) is 73.2 Å². The summed E-state index contributed by atoms with van der Waals surface area (Å²) >= 11 is 1.73. The third kappa shape index (κ3) is 3.99. The summed E-state index contributed by atoms with van der Waals surface area (Å²) in [6.07, 6.45) is 10.0. The third-order valence-electron chi connectivity index (χ3n) is 7.64. The molecule has 0 aliphatic heterocycles. The first-order chi connectivity index (χ1) is 15.1. The number of nitrogens with one attached hydrogen (secondary N) is 2. The van der Waals surface area contributed by atoms with E-state index in [0.29, 0.717) is 47.2 Å². The van der Waals surface area contributed by atoms with Gasteiger partial charge in [0, 0.05) is 24.0 Å². The molecule has 4 aliphatic carbocycles. The van der Waals surface area contributed by atoms with Crippen LogP contribution in [0.4, 0.5) is 11.8 Å². The summed E-state index contributed by atoms with van der Waals surface area (Å²) in [6.45, 7) is 1.51. The van der Waals surface area contributed by atoms with E-state index in [1.807, 2.05) is 12.1 Å². The van der Waals surface area contributed by atoms with E-state index in [1.165, 1.54) is 42.6 Å². The Balaban J connectivity index is 1.29. The molecule has 4 bridgehead atoms. The molecule has 4 N–H and O–H groups in total. The highest BCUT2D eigenvalue weighted by atomic mass is 32.2. The molecular weight excluding hydrogens is 404 g/mol. The van der Waals surface area contributed by atoms with Gasteiger partial charge in [-0.1, -0.05) is 18.2 Å². The number of nitrogens with two attached hydrogens (primary N) is 1. The number of aromatic nitrogens is 2. The van der Waals surface area contributed by atoms with Gasteiger partial charge < -0.3 is 16.4 Å². The second-order valence-electron chi connectivity index (χ2n) is 9.63. The lowest BCUT2D eigenvalue weighted by atomic mass is 9.48. The zero-order valence-corrected chi connectivity index (χ0v) is 18.8. The van der Waals surface area contributed by atoms with E-state index in [9.17, 15) is 5.26 Å². The quantitative estimate of drug-likeness (QED) is 0.560. The molecule has 0 saturated heterocycles. The predicted molar refractivity (Wildman–Crippen MR) is 125 cm³/mol. The molecule has 5 atom stereocenters. The second kappa shape index (κ2) is 8.33. The summed E-state index contributed by atoms with van der Waals surface area (Å²) in [5, 5.41) is 16.4. The molecule has 1 heterocycles. The molecule has 6 rings (SSSR count). The smallest absolute Gasteiger partial charge is 0.224 e. The fourth-order valence-electron chi connectivity index (χ4n) is 6.43. The number of nitriles is 1. The minimum Gasteiger partial charge on any atom is -0.368 e. The van der Waals surface area contributed by atoms with Crippen molar-refractivity contribution in [3.05, 3.63) is 41.6 Å². The van der Waals surface area contributed by atoms with Crippen LogP contribution >= 0.6 is 11.8 Å². The number of hydrogen-bond donors (Lipinski definition) is 3. The van der Waals surface area contributed by atoms with Crippen molar-refractivity contribution in [2.75, 3.05) is 23.4 Å². The minimum absolute atomic E-state index is 0.301. The lowest BCUT2D eigenvalue weighted by Gasteiger charge is -2.59. The monoisotopic (exact) mass is 434 g/mol. The average Bonchev–Trinajstić information content (AvgIpc) is 2.79. The molecule has 6 nitrogen and oxygen atoms in total.